The summed E-state index contributed by atoms with van der Waals surface area (Å²) in [6, 6.07) is 20.7. The molecule has 3 aromatic rings. The number of para-hydroxylation sites is 1. The molecule has 1 unspecified atom stereocenters. The molecule has 0 radical (unpaired) electrons. The van der Waals surface area contributed by atoms with E-state index >= 15 is 0 Å². The van der Waals surface area contributed by atoms with Gasteiger partial charge < -0.3 is 4.52 Å². The number of nitrogens with zero attached hydrogens (tertiary/aromatic N) is 1. The molecule has 2 aliphatic rings. The molecule has 0 N–H and O–H groups in total. The van der Waals surface area contributed by atoms with Gasteiger partial charge in [0, 0.05) is 11.1 Å². The molecule has 6 heteroatoms. The van der Waals surface area contributed by atoms with Gasteiger partial charge in [-0.1, -0.05) is 48.5 Å². The van der Waals surface area contributed by atoms with Crippen molar-refractivity contribution >= 4 is 24.6 Å². The van der Waals surface area contributed by atoms with Crippen LogP contribution in [-0.4, -0.2) is 16.5 Å². The Bertz CT molecular complexity index is 1120. The quantitative estimate of drug-likeness (QED) is 0.488. The van der Waals surface area contributed by atoms with Crippen LogP contribution >= 0.6 is 7.52 Å². The van der Waals surface area contributed by atoms with Gasteiger partial charge in [0.25, 0.3) is 11.8 Å². The zero-order valence-corrected chi connectivity index (χ0v) is 14.4. The number of amides is 2. The minimum atomic E-state index is -3.94. The van der Waals surface area contributed by atoms with Crippen LogP contribution in [0.15, 0.2) is 72.8 Å². The Morgan fingerprint density at radius 1 is 0.654 bits per heavy atom. The Labute approximate surface area is 149 Å². The summed E-state index contributed by atoms with van der Waals surface area (Å²) < 4.78 is 20.6. The highest BCUT2D eigenvalue weighted by atomic mass is 31.2. The van der Waals surface area contributed by atoms with Crippen molar-refractivity contribution in [2.75, 3.05) is 0 Å². The van der Waals surface area contributed by atoms with Crippen LogP contribution in [0.4, 0.5) is 0 Å². The maximum Gasteiger partial charge on any atom is 0.384 e. The van der Waals surface area contributed by atoms with Gasteiger partial charge in [-0.05, 0) is 24.3 Å². The largest absolute Gasteiger partial charge is 0.425 e. The highest BCUT2D eigenvalue weighted by Gasteiger charge is 2.52. The molecule has 1 atom stereocenters. The van der Waals surface area contributed by atoms with E-state index in [1.807, 2.05) is 24.3 Å². The molecule has 0 aromatic heterocycles. The van der Waals surface area contributed by atoms with Crippen LogP contribution in [0, 0.1) is 0 Å². The number of fused-ring (bicyclic) bond motifs is 4. The molecule has 126 valence electrons. The molecule has 0 bridgehead atoms. The Hall–Kier alpha value is -3.17. The average molecular weight is 361 g/mol. The Morgan fingerprint density at radius 3 is 1.81 bits per heavy atom. The fraction of sp³-hybridized carbons (Fsp3) is 0. The monoisotopic (exact) mass is 361 g/mol. The van der Waals surface area contributed by atoms with E-state index in [-0.39, 0.29) is 11.1 Å². The lowest BCUT2D eigenvalue weighted by Gasteiger charge is -2.32. The van der Waals surface area contributed by atoms with E-state index in [0.29, 0.717) is 16.6 Å². The second-order valence-electron chi connectivity index (χ2n) is 6.09. The third kappa shape index (κ3) is 1.83. The van der Waals surface area contributed by atoms with E-state index in [2.05, 4.69) is 0 Å². The number of hydrogen-bond acceptors (Lipinski definition) is 4. The summed E-state index contributed by atoms with van der Waals surface area (Å²) in [6.45, 7) is 0. The van der Waals surface area contributed by atoms with Crippen molar-refractivity contribution in [1.29, 1.82) is 0 Å². The SMILES string of the molecule is O=C1c2ccccc2C(=O)N1P1(=O)Oc2ccccc2-c2ccccc21. The predicted molar refractivity (Wildman–Crippen MR) is 96.7 cm³/mol. The summed E-state index contributed by atoms with van der Waals surface area (Å²) in [5.74, 6) is -0.794. The van der Waals surface area contributed by atoms with Crippen molar-refractivity contribution in [3.05, 3.63) is 83.9 Å². The lowest BCUT2D eigenvalue weighted by atomic mass is 10.0. The van der Waals surface area contributed by atoms with Gasteiger partial charge in [0.1, 0.15) is 5.75 Å². The van der Waals surface area contributed by atoms with Gasteiger partial charge in [0.2, 0.25) is 0 Å². The lowest BCUT2D eigenvalue weighted by molar-refractivity contribution is 0.0753. The molecule has 5 rings (SSSR count). The van der Waals surface area contributed by atoms with Gasteiger partial charge >= 0.3 is 7.52 Å². The Morgan fingerprint density at radius 2 is 1.15 bits per heavy atom. The van der Waals surface area contributed by atoms with E-state index in [9.17, 15) is 14.2 Å². The predicted octanol–water partition coefficient (Wildman–Crippen LogP) is 3.86. The van der Waals surface area contributed by atoms with Crippen LogP contribution in [-0.2, 0) is 4.57 Å². The third-order valence-corrected chi connectivity index (χ3v) is 6.98. The van der Waals surface area contributed by atoms with Crippen LogP contribution in [0.1, 0.15) is 20.7 Å². The number of hydrogen-bond donors (Lipinski definition) is 0. The molecule has 2 aliphatic heterocycles. The molecule has 0 saturated heterocycles. The van der Waals surface area contributed by atoms with Crippen LogP contribution in [0.2, 0.25) is 0 Å². The zero-order chi connectivity index (χ0) is 17.9. The standard InChI is InChI=1S/C20H12NO4P/c22-19-15-9-1-2-10-16(15)20(23)21(19)26(24)18-12-6-4-8-14(18)13-7-3-5-11-17(13)25-26/h1-12H. The topological polar surface area (TPSA) is 63.7 Å². The molecule has 3 aromatic carbocycles. The molecule has 5 nitrogen and oxygen atoms in total. The number of imide groups is 1. The fourth-order valence-corrected chi connectivity index (χ4v) is 5.75. The van der Waals surface area contributed by atoms with E-state index in [1.165, 1.54) is 0 Å². The first kappa shape index (κ1) is 15.1. The van der Waals surface area contributed by atoms with Gasteiger partial charge in [-0.3, -0.25) is 9.59 Å². The summed E-state index contributed by atoms with van der Waals surface area (Å²) in [5.41, 5.74) is 1.97. The zero-order valence-electron chi connectivity index (χ0n) is 13.5. The second kappa shape index (κ2) is 5.16. The normalized spacial score (nSPS) is 20.2. The molecule has 0 saturated carbocycles. The van der Waals surface area contributed by atoms with Crippen LogP contribution < -0.4 is 9.83 Å². The highest BCUT2D eigenvalue weighted by molar-refractivity contribution is 7.67. The molecule has 2 heterocycles. The molecular weight excluding hydrogens is 349 g/mol. The molecule has 0 fully saturated rings. The van der Waals surface area contributed by atoms with E-state index in [4.69, 9.17) is 4.52 Å². The molecular formula is C20H12NO4P. The first-order valence-electron chi connectivity index (χ1n) is 8.08. The van der Waals surface area contributed by atoms with E-state index < -0.39 is 19.3 Å². The minimum absolute atomic E-state index is 0.243. The van der Waals surface area contributed by atoms with Crippen molar-refractivity contribution in [1.82, 2.24) is 4.67 Å². The smallest absolute Gasteiger partial charge is 0.384 e. The summed E-state index contributed by atoms with van der Waals surface area (Å²) in [6.07, 6.45) is 0. The average Bonchev–Trinajstić information content (AvgIpc) is 2.93. The van der Waals surface area contributed by atoms with Crippen molar-refractivity contribution in [3.8, 4) is 16.9 Å². The summed E-state index contributed by atoms with van der Waals surface area (Å²) in [5, 5.41) is 0.355. The molecule has 2 amide bonds. The number of benzene rings is 3. The van der Waals surface area contributed by atoms with Crippen molar-refractivity contribution < 1.29 is 18.7 Å². The van der Waals surface area contributed by atoms with Crippen LogP contribution in [0.5, 0.6) is 5.75 Å². The van der Waals surface area contributed by atoms with E-state index in [1.54, 1.807) is 48.5 Å². The van der Waals surface area contributed by atoms with Crippen LogP contribution in [0.25, 0.3) is 11.1 Å². The molecule has 0 spiro atoms. The van der Waals surface area contributed by atoms with Crippen molar-refractivity contribution in [3.63, 3.8) is 0 Å². The van der Waals surface area contributed by atoms with Gasteiger partial charge in [-0.15, -0.1) is 0 Å². The van der Waals surface area contributed by atoms with Gasteiger partial charge in [-0.2, -0.15) is 4.67 Å². The Balaban J connectivity index is 1.75. The molecule has 0 aliphatic carbocycles. The third-order valence-electron chi connectivity index (χ3n) is 4.64. The fourth-order valence-electron chi connectivity index (χ4n) is 3.46. The van der Waals surface area contributed by atoms with Gasteiger partial charge in [0.15, 0.2) is 0 Å². The molecule has 26 heavy (non-hydrogen) atoms. The lowest BCUT2D eigenvalue weighted by Crippen LogP contribution is -2.35. The van der Waals surface area contributed by atoms with Crippen LogP contribution in [0.3, 0.4) is 0 Å². The first-order chi connectivity index (χ1) is 12.6. The van der Waals surface area contributed by atoms with E-state index in [0.717, 1.165) is 10.2 Å². The summed E-state index contributed by atoms with van der Waals surface area (Å²) >= 11 is 0. The van der Waals surface area contributed by atoms with Crippen molar-refractivity contribution in [2.24, 2.45) is 0 Å². The van der Waals surface area contributed by atoms with Crippen molar-refractivity contribution in [2.45, 2.75) is 0 Å². The summed E-state index contributed by atoms with van der Waals surface area (Å²) in [7, 11) is -3.94. The maximum atomic E-state index is 14.0. The highest BCUT2D eigenvalue weighted by Crippen LogP contribution is 2.59. The summed E-state index contributed by atoms with van der Waals surface area (Å²) in [4.78, 5) is 25.8. The first-order valence-corrected chi connectivity index (χ1v) is 9.66. The number of carbonyl (C=O) groups is 2. The second-order valence-corrected chi connectivity index (χ2v) is 8.20. The number of carbonyl (C=O) groups excluding carboxylic acids is 2. The van der Waals surface area contributed by atoms with Gasteiger partial charge in [-0.25, -0.2) is 4.57 Å². The number of rotatable bonds is 1. The minimum Gasteiger partial charge on any atom is -0.425 e. The Kier molecular flexibility index (Phi) is 3.00. The maximum absolute atomic E-state index is 14.0. The van der Waals surface area contributed by atoms with Gasteiger partial charge in [0.05, 0.1) is 16.4 Å².